The minimum atomic E-state index is -0.524. The van der Waals surface area contributed by atoms with Crippen LogP contribution in [-0.4, -0.2) is 13.1 Å². The van der Waals surface area contributed by atoms with Crippen LogP contribution in [0.5, 0.6) is 0 Å². The molecule has 0 aromatic rings. The number of ether oxygens (including phenoxy) is 1. The van der Waals surface area contributed by atoms with Crippen LogP contribution in [0.3, 0.4) is 0 Å². The zero-order chi connectivity index (χ0) is 13.1. The molecular weight excluding hydrogens is 226 g/mol. The van der Waals surface area contributed by atoms with E-state index in [1.807, 2.05) is 12.1 Å². The molecule has 2 aliphatic rings. The first-order valence-electron chi connectivity index (χ1n) is 6.28. The maximum Gasteiger partial charge on any atom is 0.348 e. The number of nitrogens with zero attached hydrogens (tertiary/aromatic N) is 1. The number of carbonyl (C=O) groups is 1. The number of esters is 1. The standard InChI is InChI=1S/C15H17NO2/c1-10-4-3-5-11-8-12(6-7-13(10)11)14(9-16)15(17)18-2/h8H,3-7H2,1-2H3. The lowest BCUT2D eigenvalue weighted by atomic mass is 9.79. The second-order valence-electron chi connectivity index (χ2n) is 4.79. The maximum atomic E-state index is 11.5. The van der Waals surface area contributed by atoms with E-state index in [0.717, 1.165) is 31.3 Å². The number of hydrogen-bond donors (Lipinski definition) is 0. The summed E-state index contributed by atoms with van der Waals surface area (Å²) in [6.45, 7) is 2.18. The second kappa shape index (κ2) is 5.22. The molecule has 0 bridgehead atoms. The Balaban J connectivity index is 2.43. The molecule has 18 heavy (non-hydrogen) atoms. The fourth-order valence-electron chi connectivity index (χ4n) is 2.74. The molecule has 0 fully saturated rings. The van der Waals surface area contributed by atoms with E-state index in [-0.39, 0.29) is 5.57 Å². The van der Waals surface area contributed by atoms with Gasteiger partial charge in [-0.05, 0) is 55.7 Å². The fraction of sp³-hybridized carbons (Fsp3) is 0.467. The lowest BCUT2D eigenvalue weighted by Gasteiger charge is -2.26. The van der Waals surface area contributed by atoms with Crippen molar-refractivity contribution in [2.24, 2.45) is 0 Å². The zero-order valence-electron chi connectivity index (χ0n) is 10.9. The van der Waals surface area contributed by atoms with Crippen LogP contribution < -0.4 is 0 Å². The summed E-state index contributed by atoms with van der Waals surface area (Å²) in [6, 6.07) is 1.97. The van der Waals surface area contributed by atoms with E-state index in [9.17, 15) is 4.79 Å². The summed E-state index contributed by atoms with van der Waals surface area (Å²) in [7, 11) is 1.31. The van der Waals surface area contributed by atoms with Gasteiger partial charge in [-0.15, -0.1) is 0 Å². The molecule has 0 aromatic carbocycles. The van der Waals surface area contributed by atoms with Crippen molar-refractivity contribution in [2.75, 3.05) is 7.11 Å². The molecule has 0 spiro atoms. The summed E-state index contributed by atoms with van der Waals surface area (Å²) in [4.78, 5) is 11.5. The van der Waals surface area contributed by atoms with Crippen molar-refractivity contribution < 1.29 is 9.53 Å². The summed E-state index contributed by atoms with van der Waals surface area (Å²) >= 11 is 0. The highest BCUT2D eigenvalue weighted by molar-refractivity contribution is 5.94. The number of carbonyl (C=O) groups excluding carboxylic acids is 1. The average Bonchev–Trinajstić information content (AvgIpc) is 2.39. The number of nitriles is 1. The van der Waals surface area contributed by atoms with E-state index >= 15 is 0 Å². The smallest absolute Gasteiger partial charge is 0.348 e. The highest BCUT2D eigenvalue weighted by Crippen LogP contribution is 2.38. The number of fused-ring (bicyclic) bond motifs is 1. The third-order valence-corrected chi connectivity index (χ3v) is 3.72. The van der Waals surface area contributed by atoms with Gasteiger partial charge in [0.25, 0.3) is 0 Å². The van der Waals surface area contributed by atoms with Gasteiger partial charge in [-0.25, -0.2) is 4.79 Å². The van der Waals surface area contributed by atoms with Gasteiger partial charge in [-0.1, -0.05) is 11.6 Å². The van der Waals surface area contributed by atoms with Gasteiger partial charge in [0, 0.05) is 0 Å². The average molecular weight is 243 g/mol. The van der Waals surface area contributed by atoms with Crippen LogP contribution in [0.2, 0.25) is 0 Å². The van der Waals surface area contributed by atoms with Crippen LogP contribution >= 0.6 is 0 Å². The molecule has 2 rings (SSSR count). The summed E-state index contributed by atoms with van der Waals surface area (Å²) in [6.07, 6.45) is 7.11. The molecule has 0 N–H and O–H groups in total. The van der Waals surface area contributed by atoms with Crippen molar-refractivity contribution >= 4 is 5.97 Å². The Kier molecular flexibility index (Phi) is 3.66. The molecule has 0 unspecified atom stereocenters. The Bertz CT molecular complexity index is 515. The van der Waals surface area contributed by atoms with Crippen molar-refractivity contribution in [3.63, 3.8) is 0 Å². The molecule has 0 amide bonds. The predicted molar refractivity (Wildman–Crippen MR) is 68.5 cm³/mol. The van der Waals surface area contributed by atoms with Crippen molar-refractivity contribution in [1.82, 2.24) is 0 Å². The van der Waals surface area contributed by atoms with Crippen LogP contribution in [0.1, 0.15) is 39.0 Å². The first-order valence-corrected chi connectivity index (χ1v) is 6.28. The fourth-order valence-corrected chi connectivity index (χ4v) is 2.74. The Morgan fingerprint density at radius 3 is 2.78 bits per heavy atom. The third-order valence-electron chi connectivity index (χ3n) is 3.72. The molecule has 0 aliphatic heterocycles. The first-order chi connectivity index (χ1) is 8.67. The number of methoxy groups -OCH3 is 1. The molecule has 94 valence electrons. The molecule has 0 atom stereocenters. The molecular formula is C15H17NO2. The molecule has 0 saturated heterocycles. The van der Waals surface area contributed by atoms with Gasteiger partial charge in [-0.2, -0.15) is 5.26 Å². The molecule has 0 radical (unpaired) electrons. The summed E-state index contributed by atoms with van der Waals surface area (Å²) in [5.41, 5.74) is 5.19. The van der Waals surface area contributed by atoms with Gasteiger partial charge < -0.3 is 4.74 Å². The van der Waals surface area contributed by atoms with Gasteiger partial charge in [0.1, 0.15) is 11.6 Å². The Morgan fingerprint density at radius 1 is 1.33 bits per heavy atom. The topological polar surface area (TPSA) is 50.1 Å². The van der Waals surface area contributed by atoms with Crippen LogP contribution in [0.15, 0.2) is 33.9 Å². The SMILES string of the molecule is COC(=O)C(C#N)=C1C=C2CCCC(C)=C2CC1. The van der Waals surface area contributed by atoms with E-state index < -0.39 is 5.97 Å². The number of rotatable bonds is 1. The summed E-state index contributed by atoms with van der Waals surface area (Å²) in [5.74, 6) is -0.524. The Hall–Kier alpha value is -1.82. The second-order valence-corrected chi connectivity index (χ2v) is 4.79. The molecule has 0 aromatic heterocycles. The third kappa shape index (κ3) is 2.24. The van der Waals surface area contributed by atoms with Crippen LogP contribution in [-0.2, 0) is 9.53 Å². The minimum absolute atomic E-state index is 0.160. The number of hydrogen-bond acceptors (Lipinski definition) is 3. The van der Waals surface area contributed by atoms with Gasteiger partial charge in [0.05, 0.1) is 7.11 Å². The normalized spacial score (nSPS) is 21.7. The van der Waals surface area contributed by atoms with E-state index in [1.54, 1.807) is 0 Å². The lowest BCUT2D eigenvalue weighted by Crippen LogP contribution is -2.11. The van der Waals surface area contributed by atoms with Gasteiger partial charge in [0.2, 0.25) is 0 Å². The zero-order valence-corrected chi connectivity index (χ0v) is 10.9. The molecule has 3 heteroatoms. The van der Waals surface area contributed by atoms with E-state index in [0.29, 0.717) is 0 Å². The molecule has 2 aliphatic carbocycles. The van der Waals surface area contributed by atoms with Crippen molar-refractivity contribution in [2.45, 2.75) is 39.0 Å². The van der Waals surface area contributed by atoms with Crippen molar-refractivity contribution in [1.29, 1.82) is 5.26 Å². The van der Waals surface area contributed by atoms with Crippen LogP contribution in [0, 0.1) is 11.3 Å². The van der Waals surface area contributed by atoms with Crippen molar-refractivity contribution in [3.8, 4) is 6.07 Å². The van der Waals surface area contributed by atoms with Crippen LogP contribution in [0.4, 0.5) is 0 Å². The monoisotopic (exact) mass is 243 g/mol. The lowest BCUT2D eigenvalue weighted by molar-refractivity contribution is -0.135. The highest BCUT2D eigenvalue weighted by Gasteiger charge is 2.23. The minimum Gasteiger partial charge on any atom is -0.465 e. The largest absolute Gasteiger partial charge is 0.465 e. The molecule has 3 nitrogen and oxygen atoms in total. The molecule has 0 heterocycles. The van der Waals surface area contributed by atoms with E-state index in [2.05, 4.69) is 11.7 Å². The Morgan fingerprint density at radius 2 is 2.11 bits per heavy atom. The highest BCUT2D eigenvalue weighted by atomic mass is 16.5. The summed E-state index contributed by atoms with van der Waals surface area (Å²) < 4.78 is 4.65. The van der Waals surface area contributed by atoms with E-state index in [4.69, 9.17) is 5.26 Å². The first kappa shape index (κ1) is 12.6. The predicted octanol–water partition coefficient (Wildman–Crippen LogP) is 3.20. The van der Waals surface area contributed by atoms with Gasteiger partial charge in [0.15, 0.2) is 0 Å². The van der Waals surface area contributed by atoms with Gasteiger partial charge in [-0.3, -0.25) is 0 Å². The quantitative estimate of drug-likeness (QED) is 0.403. The van der Waals surface area contributed by atoms with Gasteiger partial charge >= 0.3 is 5.97 Å². The van der Waals surface area contributed by atoms with Crippen LogP contribution in [0.25, 0.3) is 0 Å². The molecule has 0 saturated carbocycles. The van der Waals surface area contributed by atoms with E-state index in [1.165, 1.54) is 30.2 Å². The van der Waals surface area contributed by atoms with Crippen molar-refractivity contribution in [3.05, 3.63) is 33.9 Å². The summed E-state index contributed by atoms with van der Waals surface area (Å²) in [5, 5.41) is 9.08. The maximum absolute atomic E-state index is 11.5. The number of allylic oxidation sites excluding steroid dienone is 5. The Labute approximate surface area is 107 Å².